The van der Waals surface area contributed by atoms with Gasteiger partial charge in [0, 0.05) is 23.6 Å². The number of hydrogen-bond donors (Lipinski definition) is 1. The molecule has 21 heavy (non-hydrogen) atoms. The summed E-state index contributed by atoms with van der Waals surface area (Å²) in [5, 5.41) is 0. The third-order valence-electron chi connectivity index (χ3n) is 3.37. The summed E-state index contributed by atoms with van der Waals surface area (Å²) in [4.78, 5) is 13.7. The van der Waals surface area contributed by atoms with Gasteiger partial charge in [0.2, 0.25) is 0 Å². The number of nitrogens with zero attached hydrogens (tertiary/aromatic N) is 1. The summed E-state index contributed by atoms with van der Waals surface area (Å²) in [5.74, 6) is 0.736. The highest BCUT2D eigenvalue weighted by molar-refractivity contribution is 9.10. The van der Waals surface area contributed by atoms with Crippen LogP contribution in [-0.2, 0) is 11.2 Å². The molecule has 1 aromatic carbocycles. The van der Waals surface area contributed by atoms with Crippen molar-refractivity contribution in [3.63, 3.8) is 0 Å². The van der Waals surface area contributed by atoms with Crippen LogP contribution in [0.25, 0.3) is 0 Å². The lowest BCUT2D eigenvalue weighted by Gasteiger charge is -2.22. The van der Waals surface area contributed by atoms with Gasteiger partial charge in [-0.05, 0) is 57.4 Å². The molecule has 0 aliphatic carbocycles. The van der Waals surface area contributed by atoms with Crippen LogP contribution >= 0.6 is 15.9 Å². The maximum absolute atomic E-state index is 12.0. The van der Waals surface area contributed by atoms with E-state index in [4.69, 9.17) is 10.5 Å². The lowest BCUT2D eigenvalue weighted by atomic mass is 10.0. The second-order valence-electron chi connectivity index (χ2n) is 5.78. The van der Waals surface area contributed by atoms with Crippen molar-refractivity contribution in [3.05, 3.63) is 27.7 Å². The summed E-state index contributed by atoms with van der Waals surface area (Å²) >= 11 is 3.49. The van der Waals surface area contributed by atoms with Gasteiger partial charge < -0.3 is 15.4 Å². The van der Waals surface area contributed by atoms with E-state index in [-0.39, 0.29) is 24.6 Å². The van der Waals surface area contributed by atoms with Crippen molar-refractivity contribution in [2.24, 2.45) is 5.73 Å². The van der Waals surface area contributed by atoms with Crippen molar-refractivity contribution in [1.29, 1.82) is 0 Å². The van der Waals surface area contributed by atoms with Gasteiger partial charge in [0.1, 0.15) is 5.75 Å². The highest BCUT2D eigenvalue weighted by Crippen LogP contribution is 2.29. The van der Waals surface area contributed by atoms with Crippen molar-refractivity contribution >= 4 is 21.8 Å². The van der Waals surface area contributed by atoms with Gasteiger partial charge in [0.15, 0.2) is 6.61 Å². The maximum atomic E-state index is 12.0. The molecule has 0 aromatic heterocycles. The smallest absolute Gasteiger partial charge is 0.260 e. The lowest BCUT2D eigenvalue weighted by molar-refractivity contribution is -0.133. The summed E-state index contributed by atoms with van der Waals surface area (Å²) in [6.07, 6.45) is 0.712. The Morgan fingerprint density at radius 2 is 2.00 bits per heavy atom. The summed E-state index contributed by atoms with van der Waals surface area (Å²) in [7, 11) is 1.79. The number of hydrogen-bond acceptors (Lipinski definition) is 3. The number of nitrogens with two attached hydrogens (primary N) is 1. The number of carbonyl (C=O) groups is 1. The molecule has 4 nitrogen and oxygen atoms in total. The summed E-state index contributed by atoms with van der Waals surface area (Å²) < 4.78 is 6.78. The van der Waals surface area contributed by atoms with Gasteiger partial charge in [-0.25, -0.2) is 0 Å². The summed E-state index contributed by atoms with van der Waals surface area (Å²) in [6, 6.07) is 4.18. The number of rotatable bonds is 6. The second kappa shape index (κ2) is 7.80. The topological polar surface area (TPSA) is 55.6 Å². The molecule has 0 spiro atoms. The molecule has 5 heteroatoms. The molecule has 0 saturated heterocycles. The Hall–Kier alpha value is -1.07. The van der Waals surface area contributed by atoms with Crippen molar-refractivity contribution in [2.75, 3.05) is 13.7 Å². The average Bonchev–Trinajstić information content (AvgIpc) is 2.35. The van der Waals surface area contributed by atoms with E-state index in [0.29, 0.717) is 6.42 Å². The van der Waals surface area contributed by atoms with Gasteiger partial charge in [-0.1, -0.05) is 15.9 Å². The number of carbonyl (C=O) groups excluding carboxylic acids is 1. The first kappa shape index (κ1) is 18.0. The van der Waals surface area contributed by atoms with Crippen molar-refractivity contribution in [3.8, 4) is 5.75 Å². The highest BCUT2D eigenvalue weighted by atomic mass is 79.9. The largest absolute Gasteiger partial charge is 0.483 e. The number of benzene rings is 1. The molecule has 0 radical (unpaired) electrons. The van der Waals surface area contributed by atoms with E-state index in [1.165, 1.54) is 0 Å². The third kappa shape index (κ3) is 5.32. The first-order chi connectivity index (χ1) is 9.72. The van der Waals surface area contributed by atoms with Gasteiger partial charge in [-0.2, -0.15) is 0 Å². The fourth-order valence-corrected chi connectivity index (χ4v) is 2.65. The number of ether oxygens (including phenoxy) is 1. The fourth-order valence-electron chi connectivity index (χ4n) is 2.03. The Bertz CT molecular complexity index is 501. The Kier molecular flexibility index (Phi) is 6.68. The van der Waals surface area contributed by atoms with Crippen LogP contribution in [0.1, 0.15) is 31.9 Å². The zero-order valence-electron chi connectivity index (χ0n) is 13.4. The Labute approximate surface area is 135 Å². The molecule has 0 fully saturated rings. The van der Waals surface area contributed by atoms with E-state index in [9.17, 15) is 4.79 Å². The molecular formula is C16H25BrN2O2. The number of likely N-dealkylation sites (N-methyl/N-ethyl adjacent to an activating group) is 1. The monoisotopic (exact) mass is 356 g/mol. The lowest BCUT2D eigenvalue weighted by Crippen LogP contribution is -2.36. The first-order valence-corrected chi connectivity index (χ1v) is 7.94. The zero-order chi connectivity index (χ0) is 16.2. The van der Waals surface area contributed by atoms with Crippen LogP contribution in [0.5, 0.6) is 5.75 Å². The van der Waals surface area contributed by atoms with Crippen LogP contribution in [0.2, 0.25) is 0 Å². The minimum absolute atomic E-state index is 0.0286. The molecule has 0 bridgehead atoms. The molecule has 1 aromatic rings. The van der Waals surface area contributed by atoms with Crippen LogP contribution in [0.3, 0.4) is 0 Å². The zero-order valence-corrected chi connectivity index (χ0v) is 15.0. The van der Waals surface area contributed by atoms with E-state index in [2.05, 4.69) is 15.9 Å². The van der Waals surface area contributed by atoms with Gasteiger partial charge in [-0.15, -0.1) is 0 Å². The highest BCUT2D eigenvalue weighted by Gasteiger charge is 2.16. The molecule has 0 aliphatic rings. The molecule has 0 heterocycles. The molecule has 1 unspecified atom stereocenters. The van der Waals surface area contributed by atoms with E-state index in [1.807, 2.05) is 39.8 Å². The standard InChI is InChI=1S/C16H25BrN2O2/c1-10(2)19(5)15(20)9-21-16-11(3)6-14(17)8-13(16)7-12(4)18/h6,8,10,12H,7,9,18H2,1-5H3. The van der Waals surface area contributed by atoms with E-state index in [1.54, 1.807) is 11.9 Å². The van der Waals surface area contributed by atoms with Gasteiger partial charge in [-0.3, -0.25) is 4.79 Å². The number of amides is 1. The van der Waals surface area contributed by atoms with Crippen LogP contribution < -0.4 is 10.5 Å². The van der Waals surface area contributed by atoms with Gasteiger partial charge >= 0.3 is 0 Å². The minimum atomic E-state index is -0.0286. The SMILES string of the molecule is Cc1cc(Br)cc(CC(C)N)c1OCC(=O)N(C)C(C)C. The molecule has 118 valence electrons. The Morgan fingerprint density at radius 1 is 1.38 bits per heavy atom. The van der Waals surface area contributed by atoms with E-state index in [0.717, 1.165) is 21.3 Å². The fraction of sp³-hybridized carbons (Fsp3) is 0.562. The summed E-state index contributed by atoms with van der Waals surface area (Å²) in [5.41, 5.74) is 7.92. The molecule has 1 atom stereocenters. The summed E-state index contributed by atoms with van der Waals surface area (Å²) in [6.45, 7) is 7.93. The predicted molar refractivity (Wildman–Crippen MR) is 89.6 cm³/mol. The number of halogens is 1. The molecule has 1 amide bonds. The van der Waals surface area contributed by atoms with E-state index < -0.39 is 0 Å². The Morgan fingerprint density at radius 3 is 2.52 bits per heavy atom. The number of aryl methyl sites for hydroxylation is 1. The van der Waals surface area contributed by atoms with Crippen LogP contribution in [0.4, 0.5) is 0 Å². The van der Waals surface area contributed by atoms with Crippen molar-refractivity contribution in [2.45, 2.75) is 46.2 Å². The molecule has 0 aliphatic heterocycles. The van der Waals surface area contributed by atoms with Gasteiger partial charge in [0.05, 0.1) is 0 Å². The van der Waals surface area contributed by atoms with Crippen molar-refractivity contribution < 1.29 is 9.53 Å². The predicted octanol–water partition coefficient (Wildman–Crippen LogP) is 2.89. The van der Waals surface area contributed by atoms with Crippen LogP contribution in [-0.4, -0.2) is 36.5 Å². The van der Waals surface area contributed by atoms with E-state index >= 15 is 0 Å². The van der Waals surface area contributed by atoms with Crippen molar-refractivity contribution in [1.82, 2.24) is 4.90 Å². The molecule has 2 N–H and O–H groups in total. The third-order valence-corrected chi connectivity index (χ3v) is 3.82. The average molecular weight is 357 g/mol. The normalized spacial score (nSPS) is 12.4. The molecule has 1 rings (SSSR count). The quantitative estimate of drug-likeness (QED) is 0.852. The molecule has 0 saturated carbocycles. The first-order valence-electron chi connectivity index (χ1n) is 7.15. The Balaban J connectivity index is 2.89. The van der Waals surface area contributed by atoms with Gasteiger partial charge in [0.25, 0.3) is 5.91 Å². The molecular weight excluding hydrogens is 332 g/mol. The van der Waals surface area contributed by atoms with Crippen LogP contribution in [0, 0.1) is 6.92 Å². The maximum Gasteiger partial charge on any atom is 0.260 e. The van der Waals surface area contributed by atoms with Crippen LogP contribution in [0.15, 0.2) is 16.6 Å². The second-order valence-corrected chi connectivity index (χ2v) is 6.70. The minimum Gasteiger partial charge on any atom is -0.483 e.